The Labute approximate surface area is 81.8 Å². The van der Waals surface area contributed by atoms with Gasteiger partial charge in [-0.05, 0) is 13.8 Å². The molecule has 0 spiro atoms. The molecule has 2 nitrogen and oxygen atoms in total. The molecule has 0 unspecified atom stereocenters. The summed E-state index contributed by atoms with van der Waals surface area (Å²) in [6.45, 7) is 5.14. The highest BCUT2D eigenvalue weighted by Crippen LogP contribution is 2.23. The van der Waals surface area contributed by atoms with Crippen LogP contribution in [0, 0.1) is 0 Å². The van der Waals surface area contributed by atoms with Gasteiger partial charge in [0, 0.05) is 6.92 Å². The summed E-state index contributed by atoms with van der Waals surface area (Å²) in [4.78, 5) is 9.82. The molecule has 0 bridgehead atoms. The third kappa shape index (κ3) is 64.5. The average molecular weight is 222 g/mol. The third-order valence-electron chi connectivity index (χ3n) is 0.348. The number of halogens is 3. The van der Waals surface area contributed by atoms with Gasteiger partial charge in [-0.1, -0.05) is 34.8 Å². The molecule has 68 valence electrons. The van der Waals surface area contributed by atoms with Crippen LogP contribution in [-0.4, -0.2) is 16.4 Å². The van der Waals surface area contributed by atoms with Gasteiger partial charge in [0.1, 0.15) is 0 Å². The molecule has 0 aliphatic heterocycles. The Morgan fingerprint density at radius 2 is 1.73 bits per heavy atom. The standard InChI is InChI=1S/C4H8O2.C2H3Cl3/c1-3-6-4(2)5;1-2(3,4)5/h3H2,1-2H3;1H3. The Morgan fingerprint density at radius 3 is 1.73 bits per heavy atom. The van der Waals surface area contributed by atoms with E-state index < -0.39 is 3.79 Å². The largest absolute Gasteiger partial charge is 0.466 e. The number of ether oxygens (including phenoxy) is 1. The Bertz CT molecular complexity index is 103. The van der Waals surface area contributed by atoms with Crippen LogP contribution in [0.15, 0.2) is 0 Å². The van der Waals surface area contributed by atoms with Crippen molar-refractivity contribution in [3.8, 4) is 0 Å². The highest BCUT2D eigenvalue weighted by molar-refractivity contribution is 6.67. The fraction of sp³-hybridized carbons (Fsp3) is 0.833. The van der Waals surface area contributed by atoms with Crippen molar-refractivity contribution < 1.29 is 9.53 Å². The third-order valence-corrected chi connectivity index (χ3v) is 0.348. The Morgan fingerprint density at radius 1 is 1.45 bits per heavy atom. The van der Waals surface area contributed by atoms with Crippen LogP contribution >= 0.6 is 34.8 Å². The van der Waals surface area contributed by atoms with E-state index in [1.165, 1.54) is 13.8 Å². The second kappa shape index (κ2) is 7.01. The molecule has 0 aromatic heterocycles. The number of carbonyl (C=O) groups is 1. The monoisotopic (exact) mass is 220 g/mol. The van der Waals surface area contributed by atoms with E-state index in [0.29, 0.717) is 6.61 Å². The van der Waals surface area contributed by atoms with Gasteiger partial charge in [0.2, 0.25) is 0 Å². The minimum atomic E-state index is -1.08. The zero-order chi connectivity index (χ0) is 9.49. The summed E-state index contributed by atoms with van der Waals surface area (Å²) in [6, 6.07) is 0. The predicted octanol–water partition coefficient (Wildman–Crippen LogP) is 2.95. The van der Waals surface area contributed by atoms with Crippen LogP contribution in [0.25, 0.3) is 0 Å². The van der Waals surface area contributed by atoms with Crippen LogP contribution in [0.3, 0.4) is 0 Å². The molecule has 0 saturated carbocycles. The van der Waals surface area contributed by atoms with Crippen molar-refractivity contribution in [3.63, 3.8) is 0 Å². The van der Waals surface area contributed by atoms with Crippen LogP contribution in [-0.2, 0) is 9.53 Å². The summed E-state index contributed by atoms with van der Waals surface area (Å²) in [6.07, 6.45) is 0. The van der Waals surface area contributed by atoms with Crippen LogP contribution in [0.1, 0.15) is 20.8 Å². The van der Waals surface area contributed by atoms with Gasteiger partial charge in [-0.2, -0.15) is 0 Å². The number of carbonyl (C=O) groups excluding carboxylic acids is 1. The molecular formula is C6H11Cl3O2. The zero-order valence-corrected chi connectivity index (χ0v) is 8.93. The molecule has 11 heavy (non-hydrogen) atoms. The molecule has 0 radical (unpaired) electrons. The van der Waals surface area contributed by atoms with Crippen molar-refractivity contribution in [1.82, 2.24) is 0 Å². The van der Waals surface area contributed by atoms with E-state index in [1.807, 2.05) is 0 Å². The second-order valence-corrected chi connectivity index (χ2v) is 4.55. The maximum atomic E-state index is 9.82. The molecule has 0 fully saturated rings. The van der Waals surface area contributed by atoms with E-state index in [1.54, 1.807) is 6.92 Å². The first-order chi connectivity index (χ1) is 4.77. The second-order valence-electron chi connectivity index (χ2n) is 1.71. The Balaban J connectivity index is 0. The van der Waals surface area contributed by atoms with E-state index >= 15 is 0 Å². The molecule has 0 N–H and O–H groups in total. The van der Waals surface area contributed by atoms with Crippen molar-refractivity contribution in [2.45, 2.75) is 24.6 Å². The van der Waals surface area contributed by atoms with E-state index in [-0.39, 0.29) is 5.97 Å². The summed E-state index contributed by atoms with van der Waals surface area (Å²) < 4.78 is 3.32. The average Bonchev–Trinajstić information content (AvgIpc) is 1.58. The van der Waals surface area contributed by atoms with Gasteiger partial charge < -0.3 is 4.74 Å². The van der Waals surface area contributed by atoms with Crippen LogP contribution in [0.5, 0.6) is 0 Å². The lowest BCUT2D eigenvalue weighted by atomic mass is 10.8. The molecule has 0 aliphatic carbocycles. The minimum absolute atomic E-state index is 0.211. The first-order valence-corrected chi connectivity index (χ1v) is 4.10. The van der Waals surface area contributed by atoms with Crippen molar-refractivity contribution >= 4 is 40.8 Å². The van der Waals surface area contributed by atoms with Gasteiger partial charge in [0.15, 0.2) is 3.79 Å². The SMILES string of the molecule is CC(Cl)(Cl)Cl.CCOC(C)=O. The quantitative estimate of drug-likeness (QED) is 0.503. The van der Waals surface area contributed by atoms with Crippen LogP contribution < -0.4 is 0 Å². The fourth-order valence-electron chi connectivity index (χ4n) is 0.203. The first kappa shape index (κ1) is 13.9. The maximum absolute atomic E-state index is 9.82. The summed E-state index contributed by atoms with van der Waals surface area (Å²) in [7, 11) is 0. The number of rotatable bonds is 1. The first-order valence-electron chi connectivity index (χ1n) is 2.97. The lowest BCUT2D eigenvalue weighted by molar-refractivity contribution is -0.140. The van der Waals surface area contributed by atoms with Gasteiger partial charge in [0.25, 0.3) is 0 Å². The summed E-state index contributed by atoms with van der Waals surface area (Å²) in [5.41, 5.74) is 0. The summed E-state index contributed by atoms with van der Waals surface area (Å²) in [5.74, 6) is -0.211. The maximum Gasteiger partial charge on any atom is 0.302 e. The topological polar surface area (TPSA) is 26.3 Å². The zero-order valence-electron chi connectivity index (χ0n) is 6.66. The lowest BCUT2D eigenvalue weighted by Gasteiger charge is -1.94. The molecule has 0 rings (SSSR count). The smallest absolute Gasteiger partial charge is 0.302 e. The molecule has 0 aromatic carbocycles. The molecule has 0 aromatic rings. The number of alkyl halides is 3. The van der Waals surface area contributed by atoms with Gasteiger partial charge in [-0.15, -0.1) is 0 Å². The molecule has 0 saturated heterocycles. The van der Waals surface area contributed by atoms with Gasteiger partial charge in [-0.25, -0.2) is 0 Å². The van der Waals surface area contributed by atoms with Crippen molar-refractivity contribution in [3.05, 3.63) is 0 Å². The van der Waals surface area contributed by atoms with E-state index in [2.05, 4.69) is 4.74 Å². The van der Waals surface area contributed by atoms with Crippen molar-refractivity contribution in [2.24, 2.45) is 0 Å². The summed E-state index contributed by atoms with van der Waals surface area (Å²) in [5, 5.41) is 0. The Kier molecular flexibility index (Phi) is 8.86. The molecule has 0 aliphatic rings. The van der Waals surface area contributed by atoms with Crippen LogP contribution in [0.4, 0.5) is 0 Å². The lowest BCUT2D eigenvalue weighted by Crippen LogP contribution is -1.95. The highest BCUT2D eigenvalue weighted by atomic mass is 35.6. The van der Waals surface area contributed by atoms with E-state index in [0.717, 1.165) is 0 Å². The highest BCUT2D eigenvalue weighted by Gasteiger charge is 2.07. The minimum Gasteiger partial charge on any atom is -0.466 e. The number of hydrogen-bond donors (Lipinski definition) is 0. The molecule has 0 heterocycles. The van der Waals surface area contributed by atoms with Crippen LogP contribution in [0.2, 0.25) is 0 Å². The molecular weight excluding hydrogens is 210 g/mol. The molecule has 0 atom stereocenters. The van der Waals surface area contributed by atoms with Gasteiger partial charge in [0.05, 0.1) is 6.61 Å². The van der Waals surface area contributed by atoms with Gasteiger partial charge >= 0.3 is 5.97 Å². The van der Waals surface area contributed by atoms with Gasteiger partial charge in [-0.3, -0.25) is 4.79 Å². The van der Waals surface area contributed by atoms with Crippen molar-refractivity contribution in [2.75, 3.05) is 6.61 Å². The summed E-state index contributed by atoms with van der Waals surface area (Å²) >= 11 is 15.2. The number of esters is 1. The normalized spacial score (nSPS) is 9.64. The predicted molar refractivity (Wildman–Crippen MR) is 48.3 cm³/mol. The molecule has 5 heteroatoms. The van der Waals surface area contributed by atoms with E-state index in [9.17, 15) is 4.79 Å². The number of hydrogen-bond acceptors (Lipinski definition) is 2. The fourth-order valence-corrected chi connectivity index (χ4v) is 0.203. The van der Waals surface area contributed by atoms with E-state index in [4.69, 9.17) is 34.8 Å². The molecule has 0 amide bonds. The van der Waals surface area contributed by atoms with Crippen molar-refractivity contribution in [1.29, 1.82) is 0 Å². The Hall–Kier alpha value is 0.340.